The lowest BCUT2D eigenvalue weighted by molar-refractivity contribution is 0.444. The lowest BCUT2D eigenvalue weighted by Crippen LogP contribution is -2.27. The van der Waals surface area contributed by atoms with E-state index in [0.29, 0.717) is 6.04 Å². The molecule has 0 saturated carbocycles. The highest BCUT2D eigenvalue weighted by molar-refractivity contribution is 5.21. The molecular formula is C10H17N3O. The van der Waals surface area contributed by atoms with Crippen molar-refractivity contribution < 1.29 is 0 Å². The van der Waals surface area contributed by atoms with Gasteiger partial charge >= 0.3 is 0 Å². The molecule has 0 spiro atoms. The average Bonchev–Trinajstić information content (AvgIpc) is 2.56. The predicted octanol–water partition coefficient (Wildman–Crippen LogP) is 0.793. The number of hydrogen-bond acceptors (Lipinski definition) is 2. The third-order valence-corrected chi connectivity index (χ3v) is 3.01. The monoisotopic (exact) mass is 195 g/mol. The Bertz CT molecular complexity index is 377. The molecule has 1 unspecified atom stereocenters. The number of rotatable bonds is 2. The molecule has 78 valence electrons. The maximum Gasteiger partial charge on any atom is 0.267 e. The molecule has 4 nitrogen and oxygen atoms in total. The SMILES string of the molecule is CCC(C)n1[nH]c(=O)c2c1CNCC2. The Balaban J connectivity index is 2.46. The summed E-state index contributed by atoms with van der Waals surface area (Å²) in [7, 11) is 0. The Morgan fingerprint density at radius 2 is 2.36 bits per heavy atom. The lowest BCUT2D eigenvalue weighted by Gasteiger charge is -2.18. The van der Waals surface area contributed by atoms with Crippen LogP contribution in [-0.2, 0) is 13.0 Å². The quantitative estimate of drug-likeness (QED) is 0.733. The number of H-pyrrole nitrogens is 1. The van der Waals surface area contributed by atoms with E-state index >= 15 is 0 Å². The minimum Gasteiger partial charge on any atom is -0.311 e. The van der Waals surface area contributed by atoms with Crippen LogP contribution in [0.2, 0.25) is 0 Å². The van der Waals surface area contributed by atoms with Crippen LogP contribution in [0, 0.1) is 0 Å². The molecule has 0 saturated heterocycles. The van der Waals surface area contributed by atoms with E-state index in [1.165, 1.54) is 0 Å². The van der Waals surface area contributed by atoms with Gasteiger partial charge in [-0.3, -0.25) is 14.6 Å². The van der Waals surface area contributed by atoms with Crippen molar-refractivity contribution >= 4 is 0 Å². The second-order valence-corrected chi connectivity index (χ2v) is 3.92. The Kier molecular flexibility index (Phi) is 2.46. The predicted molar refractivity (Wildman–Crippen MR) is 55.5 cm³/mol. The Hall–Kier alpha value is -1.03. The molecule has 1 atom stereocenters. The van der Waals surface area contributed by atoms with Crippen molar-refractivity contribution in [2.24, 2.45) is 0 Å². The average molecular weight is 195 g/mol. The van der Waals surface area contributed by atoms with Gasteiger partial charge in [0.15, 0.2) is 0 Å². The van der Waals surface area contributed by atoms with Gasteiger partial charge < -0.3 is 5.32 Å². The Morgan fingerprint density at radius 1 is 1.57 bits per heavy atom. The number of fused-ring (bicyclic) bond motifs is 1. The summed E-state index contributed by atoms with van der Waals surface area (Å²) in [6, 6.07) is 0.381. The molecule has 0 amide bonds. The first-order valence-corrected chi connectivity index (χ1v) is 5.27. The number of nitrogens with one attached hydrogen (secondary N) is 2. The fraction of sp³-hybridized carbons (Fsp3) is 0.700. The largest absolute Gasteiger partial charge is 0.311 e. The van der Waals surface area contributed by atoms with Gasteiger partial charge in [-0.25, -0.2) is 0 Å². The van der Waals surface area contributed by atoms with Crippen LogP contribution in [0.5, 0.6) is 0 Å². The molecule has 1 aliphatic heterocycles. The van der Waals surface area contributed by atoms with Gasteiger partial charge in [-0.2, -0.15) is 0 Å². The number of nitrogens with zero attached hydrogens (tertiary/aromatic N) is 1. The molecule has 0 bridgehead atoms. The molecule has 2 N–H and O–H groups in total. The fourth-order valence-electron chi connectivity index (χ4n) is 1.95. The summed E-state index contributed by atoms with van der Waals surface area (Å²) in [5.74, 6) is 0. The molecule has 4 heteroatoms. The molecule has 2 rings (SSSR count). The molecule has 1 aromatic rings. The van der Waals surface area contributed by atoms with Crippen LogP contribution in [0.15, 0.2) is 4.79 Å². The maximum absolute atomic E-state index is 11.6. The molecule has 0 aliphatic carbocycles. The first-order valence-electron chi connectivity index (χ1n) is 5.27. The standard InChI is InChI=1S/C10H17N3O/c1-3-7(2)13-9-6-11-5-4-8(9)10(14)12-13/h7,11H,3-6H2,1-2H3,(H,12,14). The first kappa shape index (κ1) is 9.52. The second kappa shape index (κ2) is 3.61. The van der Waals surface area contributed by atoms with Crippen LogP contribution >= 0.6 is 0 Å². The topological polar surface area (TPSA) is 49.8 Å². The van der Waals surface area contributed by atoms with Crippen molar-refractivity contribution in [1.82, 2.24) is 15.1 Å². The van der Waals surface area contributed by atoms with Crippen LogP contribution < -0.4 is 10.9 Å². The zero-order valence-electron chi connectivity index (χ0n) is 8.76. The number of aromatic nitrogens is 2. The third-order valence-electron chi connectivity index (χ3n) is 3.01. The van der Waals surface area contributed by atoms with E-state index in [2.05, 4.69) is 24.3 Å². The molecule has 0 aromatic carbocycles. The summed E-state index contributed by atoms with van der Waals surface area (Å²) in [5, 5.41) is 6.22. The molecule has 14 heavy (non-hydrogen) atoms. The van der Waals surface area contributed by atoms with Crippen molar-refractivity contribution in [3.05, 3.63) is 21.6 Å². The van der Waals surface area contributed by atoms with E-state index in [-0.39, 0.29) is 5.56 Å². The number of aromatic amines is 1. The lowest BCUT2D eigenvalue weighted by atomic mass is 10.1. The van der Waals surface area contributed by atoms with E-state index in [1.807, 2.05) is 4.68 Å². The van der Waals surface area contributed by atoms with Crippen molar-refractivity contribution in [1.29, 1.82) is 0 Å². The van der Waals surface area contributed by atoms with Crippen LogP contribution in [0.4, 0.5) is 0 Å². The normalized spacial score (nSPS) is 17.9. The van der Waals surface area contributed by atoms with Crippen LogP contribution in [-0.4, -0.2) is 16.3 Å². The molecule has 0 fully saturated rings. The highest BCUT2D eigenvalue weighted by atomic mass is 16.1. The first-order chi connectivity index (χ1) is 6.74. The van der Waals surface area contributed by atoms with Gasteiger partial charge in [0.2, 0.25) is 0 Å². The molecule has 0 radical (unpaired) electrons. The van der Waals surface area contributed by atoms with Crippen LogP contribution in [0.3, 0.4) is 0 Å². The van der Waals surface area contributed by atoms with Gasteiger partial charge in [-0.05, 0) is 26.3 Å². The third kappa shape index (κ3) is 1.39. The summed E-state index contributed by atoms with van der Waals surface area (Å²) in [6.07, 6.45) is 1.89. The van der Waals surface area contributed by atoms with Crippen molar-refractivity contribution in [2.45, 2.75) is 39.3 Å². The molecule has 2 heterocycles. The minimum atomic E-state index is 0.0989. The van der Waals surface area contributed by atoms with Crippen LogP contribution in [0.25, 0.3) is 0 Å². The van der Waals surface area contributed by atoms with E-state index in [9.17, 15) is 4.79 Å². The highest BCUT2D eigenvalue weighted by Gasteiger charge is 2.19. The van der Waals surface area contributed by atoms with Gasteiger partial charge in [0.25, 0.3) is 5.56 Å². The van der Waals surface area contributed by atoms with Gasteiger partial charge in [0.1, 0.15) is 0 Å². The van der Waals surface area contributed by atoms with Gasteiger partial charge in [-0.15, -0.1) is 0 Å². The van der Waals surface area contributed by atoms with Gasteiger partial charge in [-0.1, -0.05) is 6.92 Å². The van der Waals surface area contributed by atoms with Crippen molar-refractivity contribution in [3.8, 4) is 0 Å². The summed E-state index contributed by atoms with van der Waals surface area (Å²) in [5.41, 5.74) is 2.22. The van der Waals surface area contributed by atoms with Crippen molar-refractivity contribution in [3.63, 3.8) is 0 Å². The van der Waals surface area contributed by atoms with E-state index in [4.69, 9.17) is 0 Å². The summed E-state index contributed by atoms with van der Waals surface area (Å²) in [4.78, 5) is 11.6. The van der Waals surface area contributed by atoms with Crippen molar-refractivity contribution in [2.75, 3.05) is 6.54 Å². The Morgan fingerprint density at radius 3 is 3.07 bits per heavy atom. The summed E-state index contributed by atoms with van der Waals surface area (Å²) in [6.45, 7) is 6.00. The fourth-order valence-corrected chi connectivity index (χ4v) is 1.95. The zero-order valence-corrected chi connectivity index (χ0v) is 8.76. The van der Waals surface area contributed by atoms with Crippen LogP contribution in [0.1, 0.15) is 37.6 Å². The van der Waals surface area contributed by atoms with Gasteiger partial charge in [0, 0.05) is 18.2 Å². The smallest absolute Gasteiger partial charge is 0.267 e. The second-order valence-electron chi connectivity index (χ2n) is 3.92. The van der Waals surface area contributed by atoms with E-state index in [1.54, 1.807) is 0 Å². The zero-order chi connectivity index (χ0) is 10.1. The molecule has 1 aromatic heterocycles. The Labute approximate surface area is 83.3 Å². The maximum atomic E-state index is 11.6. The molecular weight excluding hydrogens is 178 g/mol. The van der Waals surface area contributed by atoms with E-state index < -0.39 is 0 Å². The summed E-state index contributed by atoms with van der Waals surface area (Å²) < 4.78 is 2.02. The highest BCUT2D eigenvalue weighted by Crippen LogP contribution is 2.16. The summed E-state index contributed by atoms with van der Waals surface area (Å²) >= 11 is 0. The molecule has 1 aliphatic rings. The van der Waals surface area contributed by atoms with E-state index in [0.717, 1.165) is 37.2 Å². The number of hydrogen-bond donors (Lipinski definition) is 2. The minimum absolute atomic E-state index is 0.0989. The van der Waals surface area contributed by atoms with Gasteiger partial charge in [0.05, 0.1) is 5.69 Å².